The summed E-state index contributed by atoms with van der Waals surface area (Å²) in [6.45, 7) is 21.1. The summed E-state index contributed by atoms with van der Waals surface area (Å²) < 4.78 is 4.51. The fraction of sp³-hybridized carbons (Fsp3) is 0.625. The summed E-state index contributed by atoms with van der Waals surface area (Å²) in [6, 6.07) is 0. The van der Waals surface area contributed by atoms with Gasteiger partial charge in [0, 0.05) is 23.3 Å². The van der Waals surface area contributed by atoms with Gasteiger partial charge >= 0.3 is 17.9 Å². The van der Waals surface area contributed by atoms with Gasteiger partial charge in [-0.2, -0.15) is 9.78 Å². The number of aliphatic hydroxyl groups is 3. The van der Waals surface area contributed by atoms with Crippen LogP contribution in [0.15, 0.2) is 36.5 Å². The zero-order valence-corrected chi connectivity index (χ0v) is 22.0. The quantitative estimate of drug-likeness (QED) is 0.110. The Morgan fingerprint density at radius 2 is 1.06 bits per heavy atom. The topological polar surface area (TPSA) is 158 Å². The van der Waals surface area contributed by atoms with E-state index in [1.165, 1.54) is 6.92 Å². The lowest BCUT2D eigenvalue weighted by molar-refractivity contribution is -0.268. The Labute approximate surface area is 208 Å². The predicted molar refractivity (Wildman–Crippen MR) is 131 cm³/mol. The standard InChI is InChI=1S/C7H12O4.2C7H12O3.C3H8O/c1-5(2)7(10)11-4-6(9)3-8;2*1-4-5-9-10-7(8)6(2)3;1-2-3-4/h6,8-9H,1,3-4H2,2H3;2*2,4-5H2,1,3H3;4H,2-3H2,1H3. The first-order valence-electron chi connectivity index (χ1n) is 11.1. The number of hydrogen-bond acceptors (Lipinski definition) is 11. The molecule has 1 unspecified atom stereocenters. The molecule has 0 amide bonds. The van der Waals surface area contributed by atoms with Crippen molar-refractivity contribution >= 4 is 17.9 Å². The smallest absolute Gasteiger partial charge is 0.368 e. The number of carbonyl (C=O) groups excluding carboxylic acids is 3. The molecule has 0 aromatic heterocycles. The molecule has 35 heavy (non-hydrogen) atoms. The third-order valence-electron chi connectivity index (χ3n) is 2.73. The second kappa shape index (κ2) is 29.5. The Hall–Kier alpha value is -2.57. The third-order valence-corrected chi connectivity index (χ3v) is 2.73. The van der Waals surface area contributed by atoms with Gasteiger partial charge in [0.2, 0.25) is 0 Å². The van der Waals surface area contributed by atoms with E-state index in [1.807, 2.05) is 20.8 Å². The molecule has 0 saturated carbocycles. The lowest BCUT2D eigenvalue weighted by atomic mass is 10.3. The van der Waals surface area contributed by atoms with E-state index >= 15 is 0 Å². The summed E-state index contributed by atoms with van der Waals surface area (Å²) in [6.07, 6.45) is 1.52. The van der Waals surface area contributed by atoms with Gasteiger partial charge in [0.15, 0.2) is 0 Å². The number of carbonyl (C=O) groups is 3. The van der Waals surface area contributed by atoms with Crippen LogP contribution < -0.4 is 0 Å². The lowest BCUT2D eigenvalue weighted by Gasteiger charge is -2.07. The Balaban J connectivity index is -0.000000191. The second-order valence-electron chi connectivity index (χ2n) is 6.88. The van der Waals surface area contributed by atoms with E-state index in [1.54, 1.807) is 13.8 Å². The first kappa shape index (κ1) is 39.6. The van der Waals surface area contributed by atoms with Crippen LogP contribution in [0.3, 0.4) is 0 Å². The van der Waals surface area contributed by atoms with Gasteiger partial charge in [0.25, 0.3) is 0 Å². The Kier molecular flexibility index (Phi) is 33.4. The maximum absolute atomic E-state index is 10.6. The first-order chi connectivity index (χ1) is 16.4. The van der Waals surface area contributed by atoms with Crippen LogP contribution in [-0.2, 0) is 38.7 Å². The second-order valence-corrected chi connectivity index (χ2v) is 6.88. The predicted octanol–water partition coefficient (Wildman–Crippen LogP) is 2.74. The van der Waals surface area contributed by atoms with Crippen molar-refractivity contribution in [2.24, 2.45) is 0 Å². The highest BCUT2D eigenvalue weighted by molar-refractivity contribution is 5.87. The molecule has 0 heterocycles. The molecule has 11 nitrogen and oxygen atoms in total. The van der Waals surface area contributed by atoms with E-state index in [0.29, 0.717) is 31.0 Å². The maximum atomic E-state index is 10.6. The SMILES string of the molecule is C=C(C)C(=O)OCC(O)CO.C=C(C)C(=O)OOCCC.C=C(C)C(=O)OOCCC.CCCO. The van der Waals surface area contributed by atoms with Crippen LogP contribution in [0, 0.1) is 0 Å². The Morgan fingerprint density at radius 1 is 0.714 bits per heavy atom. The van der Waals surface area contributed by atoms with Crippen LogP contribution in [0.2, 0.25) is 0 Å². The molecule has 0 aromatic rings. The van der Waals surface area contributed by atoms with E-state index in [2.05, 4.69) is 44.0 Å². The maximum Gasteiger partial charge on any atom is 0.368 e. The molecule has 3 N–H and O–H groups in total. The molecule has 1 atom stereocenters. The summed E-state index contributed by atoms with van der Waals surface area (Å²) in [5.41, 5.74) is 0.961. The number of esters is 1. The highest BCUT2D eigenvalue weighted by Gasteiger charge is 2.07. The number of ether oxygens (including phenoxy) is 1. The molecule has 0 radical (unpaired) electrons. The first-order valence-corrected chi connectivity index (χ1v) is 11.1. The van der Waals surface area contributed by atoms with Crippen LogP contribution in [0.1, 0.15) is 60.8 Å². The van der Waals surface area contributed by atoms with Crippen LogP contribution in [0.4, 0.5) is 0 Å². The average Bonchev–Trinajstić information content (AvgIpc) is 2.83. The van der Waals surface area contributed by atoms with Crippen molar-refractivity contribution in [2.75, 3.05) is 33.0 Å². The molecular weight excluding hydrogens is 464 g/mol. The molecule has 0 aliphatic rings. The summed E-state index contributed by atoms with van der Waals surface area (Å²) in [7, 11) is 0. The summed E-state index contributed by atoms with van der Waals surface area (Å²) >= 11 is 0. The highest BCUT2D eigenvalue weighted by atomic mass is 17.2. The highest BCUT2D eigenvalue weighted by Crippen LogP contribution is 1.94. The minimum Gasteiger partial charge on any atom is -0.460 e. The van der Waals surface area contributed by atoms with E-state index in [0.717, 1.165) is 19.3 Å². The van der Waals surface area contributed by atoms with Crippen LogP contribution >= 0.6 is 0 Å². The van der Waals surface area contributed by atoms with Gasteiger partial charge in [-0.05, 0) is 40.0 Å². The average molecular weight is 509 g/mol. The fourth-order valence-corrected chi connectivity index (χ4v) is 0.847. The molecule has 0 fully saturated rings. The van der Waals surface area contributed by atoms with Gasteiger partial charge in [-0.25, -0.2) is 14.4 Å². The third kappa shape index (κ3) is 36.2. The summed E-state index contributed by atoms with van der Waals surface area (Å²) in [4.78, 5) is 49.4. The molecule has 0 spiro atoms. The number of hydrogen-bond donors (Lipinski definition) is 3. The molecular formula is C24H44O11. The van der Waals surface area contributed by atoms with Crippen molar-refractivity contribution in [3.8, 4) is 0 Å². The Morgan fingerprint density at radius 3 is 1.29 bits per heavy atom. The molecule has 11 heteroatoms. The molecule has 0 rings (SSSR count). The molecule has 206 valence electrons. The van der Waals surface area contributed by atoms with Crippen molar-refractivity contribution in [1.29, 1.82) is 0 Å². The molecule has 0 aliphatic heterocycles. The molecule has 0 aromatic carbocycles. The molecule has 0 saturated heterocycles. The van der Waals surface area contributed by atoms with Gasteiger partial charge < -0.3 is 20.1 Å². The van der Waals surface area contributed by atoms with E-state index in [-0.39, 0.29) is 12.2 Å². The largest absolute Gasteiger partial charge is 0.460 e. The Bertz CT molecular complexity index is 566. The summed E-state index contributed by atoms with van der Waals surface area (Å²) in [5, 5.41) is 24.9. The van der Waals surface area contributed by atoms with Gasteiger partial charge in [0.05, 0.1) is 19.8 Å². The number of rotatable bonds is 13. The lowest BCUT2D eigenvalue weighted by Crippen LogP contribution is -2.22. The zero-order valence-electron chi connectivity index (χ0n) is 22.0. The normalized spacial score (nSPS) is 9.86. The molecule has 0 bridgehead atoms. The van der Waals surface area contributed by atoms with Crippen LogP contribution in [-0.4, -0.2) is 72.4 Å². The van der Waals surface area contributed by atoms with Gasteiger partial charge in [0.1, 0.15) is 12.7 Å². The van der Waals surface area contributed by atoms with Crippen molar-refractivity contribution in [2.45, 2.75) is 66.9 Å². The molecule has 0 aliphatic carbocycles. The fourth-order valence-electron chi connectivity index (χ4n) is 0.847. The summed E-state index contributed by atoms with van der Waals surface area (Å²) in [5.74, 6) is -1.57. The van der Waals surface area contributed by atoms with Gasteiger partial charge in [-0.3, -0.25) is 9.78 Å². The van der Waals surface area contributed by atoms with Gasteiger partial charge in [-0.15, -0.1) is 0 Å². The minimum absolute atomic E-state index is 0.192. The van der Waals surface area contributed by atoms with Gasteiger partial charge in [-0.1, -0.05) is 40.5 Å². The van der Waals surface area contributed by atoms with E-state index < -0.39 is 30.6 Å². The van der Waals surface area contributed by atoms with E-state index in [4.69, 9.17) is 15.3 Å². The van der Waals surface area contributed by atoms with Crippen molar-refractivity contribution in [3.63, 3.8) is 0 Å². The van der Waals surface area contributed by atoms with E-state index in [9.17, 15) is 14.4 Å². The van der Waals surface area contributed by atoms with Crippen LogP contribution in [0.5, 0.6) is 0 Å². The van der Waals surface area contributed by atoms with Crippen molar-refractivity contribution in [1.82, 2.24) is 0 Å². The monoisotopic (exact) mass is 508 g/mol. The zero-order chi connectivity index (χ0) is 28.2. The van der Waals surface area contributed by atoms with Crippen molar-refractivity contribution < 1.29 is 54.0 Å². The van der Waals surface area contributed by atoms with Crippen LogP contribution in [0.25, 0.3) is 0 Å². The number of aliphatic hydroxyl groups excluding tert-OH is 3. The minimum atomic E-state index is -1.00. The van der Waals surface area contributed by atoms with Crippen molar-refractivity contribution in [3.05, 3.63) is 36.5 Å².